The molecule has 0 aromatic carbocycles. The first-order valence-electron chi connectivity index (χ1n) is 5.35. The van der Waals surface area contributed by atoms with E-state index in [4.69, 9.17) is 16.3 Å². The average Bonchev–Trinajstić information content (AvgIpc) is 2.17. The van der Waals surface area contributed by atoms with Crippen molar-refractivity contribution in [2.75, 3.05) is 0 Å². The van der Waals surface area contributed by atoms with Gasteiger partial charge in [0.15, 0.2) is 0 Å². The molecule has 0 saturated carbocycles. The summed E-state index contributed by atoms with van der Waals surface area (Å²) in [5.41, 5.74) is 0. The summed E-state index contributed by atoms with van der Waals surface area (Å²) in [6.07, 6.45) is 3.05. The first kappa shape index (κ1) is 12.2. The predicted octanol–water partition coefficient (Wildman–Crippen LogP) is 3.26. The second kappa shape index (κ2) is 5.91. The van der Waals surface area contributed by atoms with Crippen LogP contribution in [0.5, 0.6) is 5.88 Å². The monoisotopic (exact) mass is 228 g/mol. The molecule has 1 atom stereocenters. The Labute approximate surface area is 95.8 Å². The Morgan fingerprint density at radius 3 is 2.73 bits per heavy atom. The molecule has 0 spiro atoms. The van der Waals surface area contributed by atoms with Crippen LogP contribution in [-0.4, -0.2) is 16.1 Å². The lowest BCUT2D eigenvalue weighted by Crippen LogP contribution is -2.12. The lowest BCUT2D eigenvalue weighted by atomic mass is 10.2. The molecule has 0 saturated heterocycles. The van der Waals surface area contributed by atoms with Crippen LogP contribution < -0.4 is 4.74 Å². The van der Waals surface area contributed by atoms with Crippen LogP contribution in [0.25, 0.3) is 0 Å². The van der Waals surface area contributed by atoms with Crippen molar-refractivity contribution < 1.29 is 4.74 Å². The molecule has 3 nitrogen and oxygen atoms in total. The third-order valence-electron chi connectivity index (χ3n) is 2.05. The zero-order chi connectivity index (χ0) is 11.3. The van der Waals surface area contributed by atoms with Crippen LogP contribution in [-0.2, 0) is 6.42 Å². The van der Waals surface area contributed by atoms with E-state index in [-0.39, 0.29) is 6.10 Å². The second-order valence-electron chi connectivity index (χ2n) is 3.52. The molecule has 0 bridgehead atoms. The minimum Gasteiger partial charge on any atom is -0.475 e. The first-order valence-corrected chi connectivity index (χ1v) is 5.73. The third-order valence-corrected chi connectivity index (χ3v) is 2.24. The molecule has 4 heteroatoms. The number of ether oxygens (including phenoxy) is 1. The van der Waals surface area contributed by atoms with Gasteiger partial charge < -0.3 is 4.74 Å². The summed E-state index contributed by atoms with van der Waals surface area (Å²) in [6.45, 7) is 6.15. The van der Waals surface area contributed by atoms with E-state index in [1.54, 1.807) is 6.07 Å². The number of halogens is 1. The van der Waals surface area contributed by atoms with Crippen molar-refractivity contribution in [2.24, 2.45) is 0 Å². The molecule has 1 unspecified atom stereocenters. The molecule has 84 valence electrons. The topological polar surface area (TPSA) is 35.0 Å². The second-order valence-corrected chi connectivity index (χ2v) is 3.90. The van der Waals surface area contributed by atoms with Gasteiger partial charge in [-0.15, -0.1) is 0 Å². The van der Waals surface area contributed by atoms with Crippen molar-refractivity contribution >= 4 is 11.6 Å². The van der Waals surface area contributed by atoms with Gasteiger partial charge in [-0.3, -0.25) is 0 Å². The van der Waals surface area contributed by atoms with Crippen molar-refractivity contribution in [3.63, 3.8) is 0 Å². The standard InChI is InChI=1S/C11H17ClN2O/c1-4-6-8(3)15-11-7-9(12)13-10(5-2)14-11/h7-8H,4-6H2,1-3H3. The lowest BCUT2D eigenvalue weighted by Gasteiger charge is -2.13. The number of aryl methyl sites for hydroxylation is 1. The highest BCUT2D eigenvalue weighted by Crippen LogP contribution is 2.16. The number of hydrogen-bond acceptors (Lipinski definition) is 3. The Kier molecular flexibility index (Phi) is 4.82. The number of aromatic nitrogens is 2. The molecule has 0 aliphatic heterocycles. The summed E-state index contributed by atoms with van der Waals surface area (Å²) < 4.78 is 5.64. The Balaban J connectivity index is 2.71. The lowest BCUT2D eigenvalue weighted by molar-refractivity contribution is 0.200. The molecule has 15 heavy (non-hydrogen) atoms. The van der Waals surface area contributed by atoms with Crippen LogP contribution in [0.3, 0.4) is 0 Å². The van der Waals surface area contributed by atoms with Crippen LogP contribution in [0.4, 0.5) is 0 Å². The van der Waals surface area contributed by atoms with E-state index in [0.29, 0.717) is 11.0 Å². The minimum atomic E-state index is 0.172. The summed E-state index contributed by atoms with van der Waals surface area (Å²) in [5.74, 6) is 1.30. The fourth-order valence-electron chi connectivity index (χ4n) is 1.33. The van der Waals surface area contributed by atoms with Crippen molar-refractivity contribution in [1.82, 2.24) is 9.97 Å². The molecule has 0 fully saturated rings. The van der Waals surface area contributed by atoms with Gasteiger partial charge in [0.2, 0.25) is 5.88 Å². The minimum absolute atomic E-state index is 0.172. The Morgan fingerprint density at radius 1 is 1.40 bits per heavy atom. The number of rotatable bonds is 5. The molecular formula is C11H17ClN2O. The van der Waals surface area contributed by atoms with E-state index in [9.17, 15) is 0 Å². The predicted molar refractivity (Wildman–Crippen MR) is 61.4 cm³/mol. The quantitative estimate of drug-likeness (QED) is 0.726. The van der Waals surface area contributed by atoms with Crippen molar-refractivity contribution in [1.29, 1.82) is 0 Å². The summed E-state index contributed by atoms with van der Waals surface area (Å²) in [4.78, 5) is 8.34. The highest BCUT2D eigenvalue weighted by atomic mass is 35.5. The van der Waals surface area contributed by atoms with Crippen LogP contribution in [0.15, 0.2) is 6.07 Å². The fraction of sp³-hybridized carbons (Fsp3) is 0.636. The van der Waals surface area contributed by atoms with E-state index < -0.39 is 0 Å². The molecule has 0 radical (unpaired) electrons. The summed E-state index contributed by atoms with van der Waals surface area (Å²) in [5, 5.41) is 0.445. The molecule has 1 heterocycles. The molecule has 0 aliphatic rings. The van der Waals surface area contributed by atoms with Crippen LogP contribution in [0.2, 0.25) is 5.15 Å². The molecule has 0 aliphatic carbocycles. The number of hydrogen-bond donors (Lipinski definition) is 0. The highest BCUT2D eigenvalue weighted by molar-refractivity contribution is 6.29. The zero-order valence-electron chi connectivity index (χ0n) is 9.46. The highest BCUT2D eigenvalue weighted by Gasteiger charge is 2.06. The van der Waals surface area contributed by atoms with Gasteiger partial charge in [-0.05, 0) is 13.3 Å². The maximum absolute atomic E-state index is 5.86. The molecule has 1 aromatic rings. The molecular weight excluding hydrogens is 212 g/mol. The zero-order valence-corrected chi connectivity index (χ0v) is 10.2. The van der Waals surface area contributed by atoms with E-state index in [1.165, 1.54) is 0 Å². The fourth-order valence-corrected chi connectivity index (χ4v) is 1.52. The van der Waals surface area contributed by atoms with Gasteiger partial charge in [0.1, 0.15) is 11.0 Å². The Bertz CT molecular complexity index is 317. The normalized spacial score (nSPS) is 12.5. The van der Waals surface area contributed by atoms with Gasteiger partial charge in [0.25, 0.3) is 0 Å². The van der Waals surface area contributed by atoms with Crippen molar-refractivity contribution in [2.45, 2.75) is 46.1 Å². The summed E-state index contributed by atoms with van der Waals surface area (Å²) in [6, 6.07) is 1.66. The van der Waals surface area contributed by atoms with Crippen molar-refractivity contribution in [3.05, 3.63) is 17.0 Å². The van der Waals surface area contributed by atoms with Crippen LogP contribution in [0, 0.1) is 0 Å². The maximum Gasteiger partial charge on any atom is 0.218 e. The smallest absolute Gasteiger partial charge is 0.218 e. The Morgan fingerprint density at radius 2 is 2.13 bits per heavy atom. The van der Waals surface area contributed by atoms with Crippen molar-refractivity contribution in [3.8, 4) is 5.88 Å². The average molecular weight is 229 g/mol. The van der Waals surface area contributed by atoms with Gasteiger partial charge in [-0.25, -0.2) is 4.98 Å². The van der Waals surface area contributed by atoms with E-state index >= 15 is 0 Å². The molecule has 0 amide bonds. The van der Waals surface area contributed by atoms with Gasteiger partial charge in [-0.2, -0.15) is 4.98 Å². The molecule has 1 aromatic heterocycles. The van der Waals surface area contributed by atoms with Crippen LogP contribution in [0.1, 0.15) is 39.4 Å². The maximum atomic E-state index is 5.86. The number of nitrogens with zero attached hydrogens (tertiary/aromatic N) is 2. The van der Waals surface area contributed by atoms with E-state index in [0.717, 1.165) is 25.1 Å². The largest absolute Gasteiger partial charge is 0.475 e. The summed E-state index contributed by atoms with van der Waals surface area (Å²) in [7, 11) is 0. The SMILES string of the molecule is CCCC(C)Oc1cc(Cl)nc(CC)n1. The van der Waals surface area contributed by atoms with Gasteiger partial charge in [-0.1, -0.05) is 31.9 Å². The van der Waals surface area contributed by atoms with E-state index in [1.807, 2.05) is 13.8 Å². The first-order chi connectivity index (χ1) is 7.15. The molecule has 1 rings (SSSR count). The van der Waals surface area contributed by atoms with Gasteiger partial charge in [0.05, 0.1) is 6.10 Å². The molecule has 0 N–H and O–H groups in total. The van der Waals surface area contributed by atoms with Gasteiger partial charge >= 0.3 is 0 Å². The third kappa shape index (κ3) is 4.04. The van der Waals surface area contributed by atoms with Gasteiger partial charge in [0, 0.05) is 12.5 Å². The Hall–Kier alpha value is -0.830. The van der Waals surface area contributed by atoms with E-state index in [2.05, 4.69) is 16.9 Å². The summed E-state index contributed by atoms with van der Waals surface area (Å²) >= 11 is 5.86. The van der Waals surface area contributed by atoms with Crippen LogP contribution >= 0.6 is 11.6 Å².